The lowest BCUT2D eigenvalue weighted by Gasteiger charge is -2.09. The number of carbonyl (C=O) groups excluding carboxylic acids is 2. The summed E-state index contributed by atoms with van der Waals surface area (Å²) in [4.78, 5) is 23.5. The number of nitrogens with zero attached hydrogens (tertiary/aromatic N) is 5. The highest BCUT2D eigenvalue weighted by atomic mass is 32.2. The Morgan fingerprint density at radius 2 is 2.00 bits per heavy atom. The molecule has 1 aromatic carbocycles. The summed E-state index contributed by atoms with van der Waals surface area (Å²) in [6, 6.07) is 7.14. The monoisotopic (exact) mass is 403 g/mol. The molecule has 0 aliphatic carbocycles. The minimum absolute atomic E-state index is 0.111. The van der Waals surface area contributed by atoms with E-state index in [0.29, 0.717) is 22.4 Å². The molecule has 0 saturated heterocycles. The molecule has 0 aliphatic heterocycles. The number of nitrogens with one attached hydrogen (secondary N) is 2. The summed E-state index contributed by atoms with van der Waals surface area (Å²) in [6.07, 6.45) is 0. The predicted octanol–water partition coefficient (Wildman–Crippen LogP) is 1.56. The number of rotatable bonds is 7. The fraction of sp³-hybridized carbons (Fsp3) is 0.250. The summed E-state index contributed by atoms with van der Waals surface area (Å²) < 4.78 is 11.5. The van der Waals surface area contributed by atoms with Gasteiger partial charge in [-0.3, -0.25) is 9.59 Å². The Hall–Kier alpha value is -3.41. The van der Waals surface area contributed by atoms with Gasteiger partial charge in [0.25, 0.3) is 0 Å². The van der Waals surface area contributed by atoms with Crippen LogP contribution in [0.5, 0.6) is 5.75 Å². The van der Waals surface area contributed by atoms with Crippen LogP contribution < -0.4 is 15.4 Å². The second-order valence-corrected chi connectivity index (χ2v) is 6.49. The number of ether oxygens (including phenoxy) is 1. The molecular weight excluding hydrogens is 386 g/mol. The minimum atomic E-state index is -0.318. The van der Waals surface area contributed by atoms with E-state index in [-0.39, 0.29) is 29.1 Å². The van der Waals surface area contributed by atoms with Gasteiger partial charge in [0.1, 0.15) is 5.75 Å². The molecule has 0 aliphatic rings. The molecule has 146 valence electrons. The first-order valence-electron chi connectivity index (χ1n) is 8.05. The first-order chi connectivity index (χ1) is 13.5. The third kappa shape index (κ3) is 4.28. The number of hydrogen-bond donors (Lipinski definition) is 2. The van der Waals surface area contributed by atoms with Crippen molar-refractivity contribution >= 4 is 35.1 Å². The van der Waals surface area contributed by atoms with Crippen molar-refractivity contribution in [2.45, 2.75) is 12.1 Å². The van der Waals surface area contributed by atoms with E-state index in [1.54, 1.807) is 29.8 Å². The van der Waals surface area contributed by atoms with Gasteiger partial charge in [-0.25, -0.2) is 4.63 Å². The van der Waals surface area contributed by atoms with E-state index < -0.39 is 0 Å². The SMILES string of the molecule is COc1ccccc1NC(=O)CSc1nnc(-c2nonc2NC(C)=O)n1C. The third-order valence-corrected chi connectivity index (χ3v) is 4.56. The highest BCUT2D eigenvalue weighted by molar-refractivity contribution is 7.99. The van der Waals surface area contributed by atoms with Crippen molar-refractivity contribution in [2.24, 2.45) is 7.05 Å². The molecule has 0 radical (unpaired) electrons. The molecule has 0 fully saturated rings. The highest BCUT2D eigenvalue weighted by Crippen LogP contribution is 2.27. The summed E-state index contributed by atoms with van der Waals surface area (Å²) in [7, 11) is 3.25. The number of aromatic nitrogens is 5. The number of carbonyl (C=O) groups is 2. The number of methoxy groups -OCH3 is 1. The lowest BCUT2D eigenvalue weighted by Crippen LogP contribution is -2.15. The molecule has 11 nitrogen and oxygen atoms in total. The van der Waals surface area contributed by atoms with Crippen molar-refractivity contribution in [3.05, 3.63) is 24.3 Å². The molecule has 2 aromatic heterocycles. The second-order valence-electron chi connectivity index (χ2n) is 5.54. The molecular formula is C16H17N7O4S. The molecule has 28 heavy (non-hydrogen) atoms. The zero-order chi connectivity index (χ0) is 20.1. The number of amides is 2. The van der Waals surface area contributed by atoms with Crippen molar-refractivity contribution in [2.75, 3.05) is 23.5 Å². The van der Waals surface area contributed by atoms with Crippen molar-refractivity contribution in [3.63, 3.8) is 0 Å². The van der Waals surface area contributed by atoms with Crippen LogP contribution in [-0.4, -0.2) is 49.8 Å². The normalized spacial score (nSPS) is 10.5. The summed E-state index contributed by atoms with van der Waals surface area (Å²) in [6.45, 7) is 1.34. The van der Waals surface area contributed by atoms with Gasteiger partial charge in [-0.2, -0.15) is 0 Å². The number of para-hydroxylation sites is 2. The van der Waals surface area contributed by atoms with E-state index in [0.717, 1.165) is 0 Å². The second kappa shape index (κ2) is 8.52. The Morgan fingerprint density at radius 3 is 2.75 bits per heavy atom. The largest absolute Gasteiger partial charge is 0.495 e. The molecule has 3 rings (SSSR count). The Labute approximate surface area is 163 Å². The minimum Gasteiger partial charge on any atom is -0.495 e. The van der Waals surface area contributed by atoms with E-state index in [1.807, 2.05) is 6.07 Å². The molecule has 0 spiro atoms. The average molecular weight is 403 g/mol. The van der Waals surface area contributed by atoms with E-state index in [1.165, 1.54) is 25.8 Å². The highest BCUT2D eigenvalue weighted by Gasteiger charge is 2.21. The molecule has 2 N–H and O–H groups in total. The van der Waals surface area contributed by atoms with Crippen molar-refractivity contribution in [1.82, 2.24) is 25.1 Å². The molecule has 0 bridgehead atoms. The van der Waals surface area contributed by atoms with Crippen LogP contribution in [0.3, 0.4) is 0 Å². The van der Waals surface area contributed by atoms with Gasteiger partial charge in [-0.1, -0.05) is 23.9 Å². The van der Waals surface area contributed by atoms with Crippen LogP contribution in [0, 0.1) is 0 Å². The molecule has 2 amide bonds. The van der Waals surface area contributed by atoms with Crippen LogP contribution >= 0.6 is 11.8 Å². The van der Waals surface area contributed by atoms with Crippen LogP contribution in [0.4, 0.5) is 11.5 Å². The Kier molecular flexibility index (Phi) is 5.89. The lowest BCUT2D eigenvalue weighted by molar-refractivity contribution is -0.114. The fourth-order valence-electron chi connectivity index (χ4n) is 2.30. The Morgan fingerprint density at radius 1 is 1.21 bits per heavy atom. The zero-order valence-corrected chi connectivity index (χ0v) is 16.1. The van der Waals surface area contributed by atoms with Crippen LogP contribution in [0.2, 0.25) is 0 Å². The van der Waals surface area contributed by atoms with Crippen LogP contribution in [0.25, 0.3) is 11.5 Å². The number of hydrogen-bond acceptors (Lipinski definition) is 9. The van der Waals surface area contributed by atoms with E-state index in [9.17, 15) is 9.59 Å². The van der Waals surface area contributed by atoms with Gasteiger partial charge in [0, 0.05) is 14.0 Å². The van der Waals surface area contributed by atoms with Gasteiger partial charge in [0.2, 0.25) is 17.6 Å². The van der Waals surface area contributed by atoms with Gasteiger partial charge in [-0.05, 0) is 22.4 Å². The molecule has 0 unspecified atom stereocenters. The summed E-state index contributed by atoms with van der Waals surface area (Å²) >= 11 is 1.20. The standard InChI is InChI=1S/C16H17N7O4S/c1-9(24)17-14-13(21-27-22-14)15-19-20-16(23(15)2)28-8-12(25)18-10-6-4-5-7-11(10)26-3/h4-7H,8H2,1-3H3,(H,18,25)(H,17,22,24). The molecule has 0 atom stereocenters. The Balaban J connectivity index is 1.67. The average Bonchev–Trinajstić information content (AvgIpc) is 3.26. The van der Waals surface area contributed by atoms with Crippen molar-refractivity contribution in [3.8, 4) is 17.3 Å². The summed E-state index contributed by atoms with van der Waals surface area (Å²) in [5, 5.41) is 21.3. The van der Waals surface area contributed by atoms with Crippen LogP contribution in [-0.2, 0) is 16.6 Å². The van der Waals surface area contributed by atoms with Crippen molar-refractivity contribution in [1.29, 1.82) is 0 Å². The van der Waals surface area contributed by atoms with Crippen molar-refractivity contribution < 1.29 is 19.0 Å². The molecule has 0 saturated carbocycles. The van der Waals surface area contributed by atoms with Crippen LogP contribution in [0.1, 0.15) is 6.92 Å². The van der Waals surface area contributed by atoms with Gasteiger partial charge in [0.15, 0.2) is 16.7 Å². The third-order valence-electron chi connectivity index (χ3n) is 3.54. The van der Waals surface area contributed by atoms with E-state index in [4.69, 9.17) is 4.74 Å². The van der Waals surface area contributed by atoms with Gasteiger partial charge in [-0.15, -0.1) is 10.2 Å². The lowest BCUT2D eigenvalue weighted by atomic mass is 10.3. The van der Waals surface area contributed by atoms with Gasteiger partial charge >= 0.3 is 0 Å². The maximum absolute atomic E-state index is 12.2. The predicted molar refractivity (Wildman–Crippen MR) is 101 cm³/mol. The molecule has 2 heterocycles. The molecule has 12 heteroatoms. The summed E-state index contributed by atoms with van der Waals surface area (Å²) in [5.41, 5.74) is 0.832. The maximum Gasteiger partial charge on any atom is 0.234 e. The summed E-state index contributed by atoms with van der Waals surface area (Å²) in [5.74, 6) is 0.638. The van der Waals surface area contributed by atoms with Crippen LogP contribution in [0.15, 0.2) is 34.1 Å². The molecule has 3 aromatic rings. The maximum atomic E-state index is 12.2. The number of benzene rings is 1. The Bertz CT molecular complexity index is 1000. The first kappa shape index (κ1) is 19.4. The van der Waals surface area contributed by atoms with Gasteiger partial charge < -0.3 is 19.9 Å². The zero-order valence-electron chi connectivity index (χ0n) is 15.3. The quantitative estimate of drug-likeness (QED) is 0.563. The first-order valence-corrected chi connectivity index (χ1v) is 9.03. The van der Waals surface area contributed by atoms with E-state index in [2.05, 4.69) is 35.8 Å². The number of thioether (sulfide) groups is 1. The topological polar surface area (TPSA) is 137 Å². The number of anilines is 2. The smallest absolute Gasteiger partial charge is 0.234 e. The van der Waals surface area contributed by atoms with E-state index >= 15 is 0 Å². The van der Waals surface area contributed by atoms with Gasteiger partial charge in [0.05, 0.1) is 18.6 Å². The fourth-order valence-corrected chi connectivity index (χ4v) is 3.01.